The average Bonchev–Trinajstić information content (AvgIpc) is 3.20. The number of amides is 2. The summed E-state index contributed by atoms with van der Waals surface area (Å²) in [5, 5.41) is 7.81. The molecule has 138 valence electrons. The fraction of sp³-hybridized carbons (Fsp3) is 0.444. The first kappa shape index (κ1) is 18.0. The number of benzene rings is 1. The Labute approximate surface area is 151 Å². The monoisotopic (exact) mass is 359 g/mol. The molecule has 1 saturated heterocycles. The molecule has 1 fully saturated rings. The lowest BCUT2D eigenvalue weighted by Crippen LogP contribution is -2.38. The van der Waals surface area contributed by atoms with Gasteiger partial charge in [-0.15, -0.1) is 5.10 Å². The van der Waals surface area contributed by atoms with E-state index in [1.807, 2.05) is 19.1 Å². The Morgan fingerprint density at radius 2 is 2.12 bits per heavy atom. The summed E-state index contributed by atoms with van der Waals surface area (Å²) < 4.78 is 15.5. The molecule has 0 radical (unpaired) electrons. The maximum Gasteiger partial charge on any atom is 0.275 e. The van der Waals surface area contributed by atoms with Crippen molar-refractivity contribution < 1.29 is 14.0 Å². The van der Waals surface area contributed by atoms with Crippen molar-refractivity contribution in [2.24, 2.45) is 0 Å². The predicted molar refractivity (Wildman–Crippen MR) is 93.6 cm³/mol. The predicted octanol–water partition coefficient (Wildman–Crippen LogP) is 1.54. The summed E-state index contributed by atoms with van der Waals surface area (Å²) in [7, 11) is 3.27. The summed E-state index contributed by atoms with van der Waals surface area (Å²) in [6.45, 7) is 2.27. The molecule has 2 atom stereocenters. The Hall–Kier alpha value is -2.77. The van der Waals surface area contributed by atoms with Crippen LogP contribution < -0.4 is 0 Å². The van der Waals surface area contributed by atoms with Crippen molar-refractivity contribution >= 4 is 11.8 Å². The largest absolute Gasteiger partial charge is 0.343 e. The van der Waals surface area contributed by atoms with Crippen LogP contribution in [-0.4, -0.2) is 69.5 Å². The molecule has 1 aromatic carbocycles. The van der Waals surface area contributed by atoms with Gasteiger partial charge in [-0.3, -0.25) is 9.59 Å². The van der Waals surface area contributed by atoms with Gasteiger partial charge in [0, 0.05) is 26.1 Å². The lowest BCUT2D eigenvalue weighted by Gasteiger charge is -2.24. The van der Waals surface area contributed by atoms with Gasteiger partial charge in [-0.25, -0.2) is 9.07 Å². The Kier molecular flexibility index (Phi) is 5.01. The van der Waals surface area contributed by atoms with Crippen molar-refractivity contribution in [2.75, 3.05) is 20.6 Å². The first-order chi connectivity index (χ1) is 12.3. The van der Waals surface area contributed by atoms with Gasteiger partial charge in [-0.1, -0.05) is 22.9 Å². The number of rotatable bonds is 4. The highest BCUT2D eigenvalue weighted by Gasteiger charge is 2.36. The van der Waals surface area contributed by atoms with E-state index in [9.17, 15) is 14.0 Å². The van der Waals surface area contributed by atoms with Crippen LogP contribution in [0, 0.1) is 6.92 Å². The smallest absolute Gasteiger partial charge is 0.275 e. The molecule has 0 aliphatic carbocycles. The quantitative estimate of drug-likeness (QED) is 0.830. The van der Waals surface area contributed by atoms with Gasteiger partial charge in [-0.2, -0.15) is 0 Å². The fourth-order valence-electron chi connectivity index (χ4n) is 3.16. The number of halogens is 1. The zero-order valence-corrected chi connectivity index (χ0v) is 15.1. The van der Waals surface area contributed by atoms with Crippen molar-refractivity contribution in [1.82, 2.24) is 24.8 Å². The Morgan fingerprint density at radius 1 is 1.35 bits per heavy atom. The summed E-state index contributed by atoms with van der Waals surface area (Å²) >= 11 is 0. The third-order valence-corrected chi connectivity index (χ3v) is 4.45. The van der Waals surface area contributed by atoms with Crippen molar-refractivity contribution in [1.29, 1.82) is 0 Å². The number of hydrogen-bond donors (Lipinski definition) is 0. The van der Waals surface area contributed by atoms with Crippen LogP contribution in [0.25, 0.3) is 0 Å². The molecule has 3 rings (SSSR count). The SMILES string of the molecule is Cc1cccc(C(=O)N2C[C@@H](F)C[C@H]2Cn2cc(C(=O)N(C)C)nn2)c1. The molecular weight excluding hydrogens is 337 g/mol. The van der Waals surface area contributed by atoms with E-state index in [0.29, 0.717) is 12.1 Å². The van der Waals surface area contributed by atoms with Crippen LogP contribution in [0.3, 0.4) is 0 Å². The highest BCUT2D eigenvalue weighted by atomic mass is 19.1. The van der Waals surface area contributed by atoms with Gasteiger partial charge in [0.25, 0.3) is 11.8 Å². The van der Waals surface area contributed by atoms with Crippen LogP contribution in [0.1, 0.15) is 32.8 Å². The molecule has 0 saturated carbocycles. The molecule has 8 heteroatoms. The van der Waals surface area contributed by atoms with Crippen LogP contribution >= 0.6 is 0 Å². The van der Waals surface area contributed by atoms with Gasteiger partial charge >= 0.3 is 0 Å². The molecule has 2 aromatic rings. The van der Waals surface area contributed by atoms with Crippen LogP contribution in [-0.2, 0) is 6.54 Å². The second-order valence-corrected chi connectivity index (χ2v) is 6.84. The van der Waals surface area contributed by atoms with E-state index in [2.05, 4.69) is 10.3 Å². The summed E-state index contributed by atoms with van der Waals surface area (Å²) in [5.41, 5.74) is 1.75. The molecule has 2 heterocycles. The number of alkyl halides is 1. The van der Waals surface area contributed by atoms with Crippen LogP contribution in [0.2, 0.25) is 0 Å². The zero-order valence-electron chi connectivity index (χ0n) is 15.1. The number of aromatic nitrogens is 3. The minimum atomic E-state index is -1.07. The third-order valence-electron chi connectivity index (χ3n) is 4.45. The number of likely N-dealkylation sites (tertiary alicyclic amines) is 1. The number of aryl methyl sites for hydroxylation is 1. The Morgan fingerprint density at radius 3 is 2.81 bits per heavy atom. The first-order valence-corrected chi connectivity index (χ1v) is 8.48. The second kappa shape index (κ2) is 7.23. The van der Waals surface area contributed by atoms with Crippen molar-refractivity contribution in [3.05, 3.63) is 47.3 Å². The average molecular weight is 359 g/mol. The van der Waals surface area contributed by atoms with E-state index in [4.69, 9.17) is 0 Å². The van der Waals surface area contributed by atoms with Gasteiger partial charge in [-0.05, 0) is 19.1 Å². The van der Waals surface area contributed by atoms with E-state index in [1.54, 1.807) is 31.1 Å². The standard InChI is InChI=1S/C18H22FN5O2/c1-12-5-4-6-13(7-12)17(25)24-9-14(19)8-15(24)10-23-11-16(20-21-23)18(26)22(2)3/h4-7,11,14-15H,8-10H2,1-3H3/t14-,15-/m0/s1. The molecular formula is C18H22FN5O2. The second-order valence-electron chi connectivity index (χ2n) is 6.84. The van der Waals surface area contributed by atoms with Crippen LogP contribution in [0.5, 0.6) is 0 Å². The minimum Gasteiger partial charge on any atom is -0.343 e. The van der Waals surface area contributed by atoms with Crippen molar-refractivity contribution in [3.63, 3.8) is 0 Å². The van der Waals surface area contributed by atoms with Gasteiger partial charge in [0.15, 0.2) is 5.69 Å². The fourth-order valence-corrected chi connectivity index (χ4v) is 3.16. The Bertz CT molecular complexity index is 819. The van der Waals surface area contributed by atoms with Crippen LogP contribution in [0.4, 0.5) is 4.39 Å². The number of hydrogen-bond acceptors (Lipinski definition) is 4. The molecule has 0 spiro atoms. The van der Waals surface area contributed by atoms with E-state index in [0.717, 1.165) is 5.56 Å². The lowest BCUT2D eigenvalue weighted by atomic mass is 10.1. The van der Waals surface area contributed by atoms with E-state index in [1.165, 1.54) is 15.8 Å². The topological polar surface area (TPSA) is 71.3 Å². The number of nitrogens with zero attached hydrogens (tertiary/aromatic N) is 5. The normalized spacial score (nSPS) is 19.6. The van der Waals surface area contributed by atoms with Gasteiger partial charge in [0.2, 0.25) is 0 Å². The van der Waals surface area contributed by atoms with Crippen molar-refractivity contribution in [3.8, 4) is 0 Å². The summed E-state index contributed by atoms with van der Waals surface area (Å²) in [4.78, 5) is 27.7. The van der Waals surface area contributed by atoms with E-state index >= 15 is 0 Å². The molecule has 26 heavy (non-hydrogen) atoms. The van der Waals surface area contributed by atoms with E-state index in [-0.39, 0.29) is 36.5 Å². The maximum atomic E-state index is 14.0. The van der Waals surface area contributed by atoms with Gasteiger partial charge in [0.1, 0.15) is 6.17 Å². The lowest BCUT2D eigenvalue weighted by molar-refractivity contribution is 0.0713. The van der Waals surface area contributed by atoms with Gasteiger partial charge < -0.3 is 9.80 Å². The molecule has 0 unspecified atom stereocenters. The first-order valence-electron chi connectivity index (χ1n) is 8.48. The maximum absolute atomic E-state index is 14.0. The number of carbonyl (C=O) groups is 2. The molecule has 1 aliphatic heterocycles. The molecule has 0 bridgehead atoms. The zero-order chi connectivity index (χ0) is 18.8. The number of carbonyl (C=O) groups excluding carboxylic acids is 2. The van der Waals surface area contributed by atoms with Crippen LogP contribution in [0.15, 0.2) is 30.5 Å². The van der Waals surface area contributed by atoms with Crippen molar-refractivity contribution in [2.45, 2.75) is 32.1 Å². The van der Waals surface area contributed by atoms with E-state index < -0.39 is 6.17 Å². The Balaban J connectivity index is 1.76. The molecule has 2 amide bonds. The molecule has 1 aromatic heterocycles. The summed E-state index contributed by atoms with van der Waals surface area (Å²) in [5.74, 6) is -0.442. The summed E-state index contributed by atoms with van der Waals surface area (Å²) in [6.07, 6.45) is 0.706. The summed E-state index contributed by atoms with van der Waals surface area (Å²) in [6, 6.07) is 6.93. The minimum absolute atomic E-state index is 0.0651. The molecule has 0 N–H and O–H groups in total. The molecule has 7 nitrogen and oxygen atoms in total. The molecule has 1 aliphatic rings. The highest BCUT2D eigenvalue weighted by Crippen LogP contribution is 2.24. The third kappa shape index (κ3) is 3.74. The van der Waals surface area contributed by atoms with Gasteiger partial charge in [0.05, 0.1) is 25.3 Å². The highest BCUT2D eigenvalue weighted by molar-refractivity contribution is 5.95.